The van der Waals surface area contributed by atoms with Crippen LogP contribution in [0.3, 0.4) is 0 Å². The molecule has 2 aromatic heterocycles. The molecule has 7 heteroatoms. The predicted molar refractivity (Wildman–Crippen MR) is 97.7 cm³/mol. The Hall–Kier alpha value is -2.54. The summed E-state index contributed by atoms with van der Waals surface area (Å²) in [4.78, 5) is 8.44. The lowest BCUT2D eigenvalue weighted by molar-refractivity contribution is 0.0217. The summed E-state index contributed by atoms with van der Waals surface area (Å²) in [5, 5.41) is 11.2. The van der Waals surface area contributed by atoms with Gasteiger partial charge in [-0.3, -0.25) is 5.10 Å². The summed E-state index contributed by atoms with van der Waals surface area (Å²) in [6.07, 6.45) is 4.93. The highest BCUT2D eigenvalue weighted by atomic mass is 19.1. The number of alkyl halides is 1. The lowest BCUT2D eigenvalue weighted by Gasteiger charge is -2.16. The van der Waals surface area contributed by atoms with E-state index in [0.717, 1.165) is 36.0 Å². The van der Waals surface area contributed by atoms with Gasteiger partial charge in [0.15, 0.2) is 5.65 Å². The average Bonchev–Trinajstić information content (AvgIpc) is 3.30. The van der Waals surface area contributed by atoms with E-state index in [2.05, 4.69) is 25.5 Å². The van der Waals surface area contributed by atoms with Crippen LogP contribution in [0.2, 0.25) is 0 Å². The molecule has 0 amide bonds. The van der Waals surface area contributed by atoms with E-state index in [1.807, 2.05) is 31.2 Å². The number of halogens is 1. The molecule has 1 aliphatic carbocycles. The van der Waals surface area contributed by atoms with Gasteiger partial charge in [0.2, 0.25) is 0 Å². The third-order valence-corrected chi connectivity index (χ3v) is 4.89. The van der Waals surface area contributed by atoms with E-state index in [-0.39, 0.29) is 18.8 Å². The molecule has 1 aliphatic rings. The summed E-state index contributed by atoms with van der Waals surface area (Å²) in [5.74, 6) is 0.775. The second kappa shape index (κ2) is 7.37. The Morgan fingerprint density at radius 2 is 2.12 bits per heavy atom. The van der Waals surface area contributed by atoms with Crippen molar-refractivity contribution in [2.24, 2.45) is 0 Å². The number of anilines is 1. The smallest absolute Gasteiger partial charge is 0.160 e. The number of aromatic nitrogens is 4. The number of ether oxygens (including phenoxy) is 1. The second-order valence-corrected chi connectivity index (χ2v) is 6.84. The molecule has 0 aliphatic heterocycles. The monoisotopic (exact) mass is 355 g/mol. The number of fused-ring (bicyclic) bond motifs is 1. The SMILES string of the molecule is Cc1ccc([C@@H](F)CO[C@H]2CCC(Nc3ncnc4[nH]ncc34)C2)cc1. The summed E-state index contributed by atoms with van der Waals surface area (Å²) < 4.78 is 20.2. The highest BCUT2D eigenvalue weighted by molar-refractivity contribution is 5.85. The molecule has 1 unspecified atom stereocenters. The Kier molecular flexibility index (Phi) is 4.79. The van der Waals surface area contributed by atoms with E-state index in [0.29, 0.717) is 11.2 Å². The van der Waals surface area contributed by atoms with E-state index in [1.165, 1.54) is 6.33 Å². The van der Waals surface area contributed by atoms with E-state index in [9.17, 15) is 4.39 Å². The van der Waals surface area contributed by atoms with Gasteiger partial charge in [0.25, 0.3) is 0 Å². The van der Waals surface area contributed by atoms with Crippen molar-refractivity contribution in [2.45, 2.75) is 44.5 Å². The van der Waals surface area contributed by atoms with Crippen molar-refractivity contribution in [3.05, 3.63) is 47.9 Å². The highest BCUT2D eigenvalue weighted by Gasteiger charge is 2.27. The first kappa shape index (κ1) is 16.9. The van der Waals surface area contributed by atoms with Gasteiger partial charge in [0.1, 0.15) is 18.3 Å². The van der Waals surface area contributed by atoms with Gasteiger partial charge < -0.3 is 10.1 Å². The molecule has 4 rings (SSSR count). The van der Waals surface area contributed by atoms with Crippen LogP contribution in [0.15, 0.2) is 36.8 Å². The quantitative estimate of drug-likeness (QED) is 0.705. The zero-order valence-corrected chi connectivity index (χ0v) is 14.7. The van der Waals surface area contributed by atoms with Gasteiger partial charge in [-0.15, -0.1) is 0 Å². The fraction of sp³-hybridized carbons (Fsp3) is 0.421. The maximum Gasteiger partial charge on any atom is 0.160 e. The number of nitrogens with one attached hydrogen (secondary N) is 2. The lowest BCUT2D eigenvalue weighted by Crippen LogP contribution is -2.19. The summed E-state index contributed by atoms with van der Waals surface area (Å²) in [7, 11) is 0. The van der Waals surface area contributed by atoms with E-state index in [4.69, 9.17) is 4.74 Å². The normalized spacial score (nSPS) is 21.2. The Labute approximate surface area is 151 Å². The first-order valence-corrected chi connectivity index (χ1v) is 8.92. The number of hydrogen-bond donors (Lipinski definition) is 2. The molecule has 1 saturated carbocycles. The molecule has 0 bridgehead atoms. The standard InChI is InChI=1S/C19H22FN5O/c1-12-2-4-13(5-3-12)17(20)10-26-15-7-6-14(8-15)24-18-16-9-23-25-19(16)22-11-21-18/h2-5,9,11,14-15,17H,6-8,10H2,1H3,(H2,21,22,23,24,25)/t14?,15-,17-/m0/s1. The zero-order valence-electron chi connectivity index (χ0n) is 14.7. The van der Waals surface area contributed by atoms with Crippen molar-refractivity contribution in [1.82, 2.24) is 20.2 Å². The van der Waals surface area contributed by atoms with Gasteiger partial charge in [-0.2, -0.15) is 5.10 Å². The van der Waals surface area contributed by atoms with Gasteiger partial charge in [-0.25, -0.2) is 14.4 Å². The van der Waals surface area contributed by atoms with Crippen molar-refractivity contribution in [1.29, 1.82) is 0 Å². The average molecular weight is 355 g/mol. The van der Waals surface area contributed by atoms with Gasteiger partial charge in [-0.1, -0.05) is 29.8 Å². The van der Waals surface area contributed by atoms with E-state index >= 15 is 0 Å². The minimum absolute atomic E-state index is 0.0675. The van der Waals surface area contributed by atoms with Crippen LogP contribution in [0, 0.1) is 6.92 Å². The summed E-state index contributed by atoms with van der Waals surface area (Å²) in [6.45, 7) is 2.09. The first-order chi connectivity index (χ1) is 12.7. The van der Waals surface area contributed by atoms with Crippen molar-refractivity contribution >= 4 is 16.9 Å². The number of rotatable bonds is 6. The lowest BCUT2D eigenvalue weighted by atomic mass is 10.1. The van der Waals surface area contributed by atoms with Crippen LogP contribution in [0.4, 0.5) is 10.2 Å². The summed E-state index contributed by atoms with van der Waals surface area (Å²) in [6, 6.07) is 7.76. The molecule has 0 saturated heterocycles. The third-order valence-electron chi connectivity index (χ3n) is 4.89. The molecule has 0 radical (unpaired) electrons. The molecule has 3 aromatic rings. The van der Waals surface area contributed by atoms with Crippen LogP contribution in [-0.2, 0) is 4.74 Å². The molecular weight excluding hydrogens is 333 g/mol. The van der Waals surface area contributed by atoms with E-state index in [1.54, 1.807) is 6.20 Å². The Morgan fingerprint density at radius 3 is 2.96 bits per heavy atom. The first-order valence-electron chi connectivity index (χ1n) is 8.92. The van der Waals surface area contributed by atoms with Gasteiger partial charge >= 0.3 is 0 Å². The maximum atomic E-state index is 14.3. The third kappa shape index (κ3) is 3.67. The molecule has 6 nitrogen and oxygen atoms in total. The number of hydrogen-bond acceptors (Lipinski definition) is 5. The second-order valence-electron chi connectivity index (χ2n) is 6.84. The molecule has 3 atom stereocenters. The van der Waals surface area contributed by atoms with Crippen molar-refractivity contribution < 1.29 is 9.13 Å². The van der Waals surface area contributed by atoms with Crippen LogP contribution >= 0.6 is 0 Å². The Morgan fingerprint density at radius 1 is 1.27 bits per heavy atom. The largest absolute Gasteiger partial charge is 0.375 e. The van der Waals surface area contributed by atoms with E-state index < -0.39 is 6.17 Å². The van der Waals surface area contributed by atoms with Gasteiger partial charge in [0.05, 0.1) is 24.3 Å². The van der Waals surface area contributed by atoms with Crippen molar-refractivity contribution in [3.63, 3.8) is 0 Å². The van der Waals surface area contributed by atoms with Crippen molar-refractivity contribution in [2.75, 3.05) is 11.9 Å². The number of aromatic amines is 1. The molecule has 136 valence electrons. The number of nitrogens with zero attached hydrogens (tertiary/aromatic N) is 3. The zero-order chi connectivity index (χ0) is 17.9. The summed E-state index contributed by atoms with van der Waals surface area (Å²) >= 11 is 0. The Bertz CT molecular complexity index is 866. The van der Waals surface area contributed by atoms with Gasteiger partial charge in [0, 0.05) is 6.04 Å². The molecule has 2 heterocycles. The maximum absolute atomic E-state index is 14.3. The number of H-pyrrole nitrogens is 1. The van der Waals surface area contributed by atoms with Crippen LogP contribution in [0.25, 0.3) is 11.0 Å². The molecule has 0 spiro atoms. The molecule has 2 N–H and O–H groups in total. The number of aryl methyl sites for hydroxylation is 1. The van der Waals surface area contributed by atoms with Crippen molar-refractivity contribution in [3.8, 4) is 0 Å². The van der Waals surface area contributed by atoms with Crippen LogP contribution in [0.1, 0.15) is 36.6 Å². The van der Waals surface area contributed by atoms with Gasteiger partial charge in [-0.05, 0) is 31.7 Å². The fourth-order valence-corrected chi connectivity index (χ4v) is 3.39. The Balaban J connectivity index is 1.30. The van der Waals surface area contributed by atoms with Crippen LogP contribution in [0.5, 0.6) is 0 Å². The fourth-order valence-electron chi connectivity index (χ4n) is 3.39. The molecule has 26 heavy (non-hydrogen) atoms. The molecule has 1 aromatic carbocycles. The summed E-state index contributed by atoms with van der Waals surface area (Å²) in [5.41, 5.74) is 2.52. The number of benzene rings is 1. The highest BCUT2D eigenvalue weighted by Crippen LogP contribution is 2.28. The van der Waals surface area contributed by atoms with Crippen LogP contribution in [-0.4, -0.2) is 38.9 Å². The van der Waals surface area contributed by atoms with Crippen LogP contribution < -0.4 is 5.32 Å². The topological polar surface area (TPSA) is 75.7 Å². The minimum atomic E-state index is -1.09. The minimum Gasteiger partial charge on any atom is -0.375 e. The predicted octanol–water partition coefficient (Wildman–Crippen LogP) is 3.72. The molecule has 1 fully saturated rings. The molecular formula is C19H22FN5O.